The monoisotopic (exact) mass is 241 g/mol. The predicted molar refractivity (Wildman–Crippen MR) is 65.9 cm³/mol. The molecule has 1 aromatic carbocycles. The van der Waals surface area contributed by atoms with E-state index in [1.165, 1.54) is 12.1 Å². The first-order valence-corrected chi connectivity index (χ1v) is 6.54. The van der Waals surface area contributed by atoms with Crippen molar-refractivity contribution in [2.75, 3.05) is 18.9 Å². The maximum absolute atomic E-state index is 13.0. The van der Waals surface area contributed by atoms with Crippen molar-refractivity contribution >= 4 is 17.4 Å². The molecule has 0 radical (unpaired) electrons. The minimum absolute atomic E-state index is 0.211. The van der Waals surface area contributed by atoms with Gasteiger partial charge in [-0.2, -0.15) is 11.8 Å². The molecule has 0 saturated carbocycles. The molecule has 1 fully saturated rings. The van der Waals surface area contributed by atoms with E-state index in [1.54, 1.807) is 6.07 Å². The zero-order chi connectivity index (χ0) is 11.4. The maximum atomic E-state index is 13.0. The van der Waals surface area contributed by atoms with Crippen LogP contribution < -0.4 is 5.73 Å². The van der Waals surface area contributed by atoms with E-state index in [-0.39, 0.29) is 5.82 Å². The van der Waals surface area contributed by atoms with E-state index in [0.717, 1.165) is 37.4 Å². The highest BCUT2D eigenvalue weighted by Gasteiger charge is 2.14. The van der Waals surface area contributed by atoms with Crippen LogP contribution >= 0.6 is 11.8 Å². The molecule has 88 valence electrons. The van der Waals surface area contributed by atoms with Crippen LogP contribution in [0.5, 0.6) is 0 Å². The summed E-state index contributed by atoms with van der Waals surface area (Å²) < 4.78 is 18.3. The second-order valence-corrected chi connectivity index (χ2v) is 5.25. The molecule has 1 aromatic rings. The van der Waals surface area contributed by atoms with Crippen molar-refractivity contribution in [1.29, 1.82) is 0 Å². The number of ether oxygens (including phenoxy) is 1. The van der Waals surface area contributed by atoms with Crippen LogP contribution in [0.4, 0.5) is 10.1 Å². The molecule has 0 amide bonds. The van der Waals surface area contributed by atoms with Gasteiger partial charge in [0.15, 0.2) is 0 Å². The highest BCUT2D eigenvalue weighted by molar-refractivity contribution is 7.99. The van der Waals surface area contributed by atoms with Crippen molar-refractivity contribution in [2.45, 2.75) is 23.8 Å². The van der Waals surface area contributed by atoms with Crippen molar-refractivity contribution in [1.82, 2.24) is 0 Å². The van der Waals surface area contributed by atoms with Gasteiger partial charge in [0.05, 0.1) is 0 Å². The number of anilines is 1. The third kappa shape index (κ3) is 3.12. The summed E-state index contributed by atoms with van der Waals surface area (Å²) in [4.78, 5) is 0. The van der Waals surface area contributed by atoms with Crippen LogP contribution in [0.15, 0.2) is 18.2 Å². The molecule has 1 aliphatic heterocycles. The fraction of sp³-hybridized carbons (Fsp3) is 0.500. The highest BCUT2D eigenvalue weighted by atomic mass is 32.2. The highest BCUT2D eigenvalue weighted by Crippen LogP contribution is 2.27. The molecule has 2 nitrogen and oxygen atoms in total. The molecule has 2 rings (SSSR count). The third-order valence-corrected chi connectivity index (χ3v) is 4.17. The quantitative estimate of drug-likeness (QED) is 0.826. The minimum atomic E-state index is -0.211. The smallest absolute Gasteiger partial charge is 0.123 e. The van der Waals surface area contributed by atoms with Crippen molar-refractivity contribution in [2.24, 2.45) is 0 Å². The first kappa shape index (κ1) is 11.7. The Morgan fingerprint density at radius 1 is 1.38 bits per heavy atom. The van der Waals surface area contributed by atoms with Crippen molar-refractivity contribution < 1.29 is 9.13 Å². The van der Waals surface area contributed by atoms with E-state index in [9.17, 15) is 4.39 Å². The molecule has 0 spiro atoms. The van der Waals surface area contributed by atoms with Gasteiger partial charge in [0.25, 0.3) is 0 Å². The normalized spacial score (nSPS) is 17.6. The van der Waals surface area contributed by atoms with Crippen LogP contribution in [-0.2, 0) is 10.5 Å². The average molecular weight is 241 g/mol. The van der Waals surface area contributed by atoms with Crippen LogP contribution in [0, 0.1) is 5.82 Å². The first-order valence-electron chi connectivity index (χ1n) is 5.49. The topological polar surface area (TPSA) is 35.2 Å². The van der Waals surface area contributed by atoms with Crippen LogP contribution in [0.3, 0.4) is 0 Å². The van der Waals surface area contributed by atoms with Crippen LogP contribution in [0.25, 0.3) is 0 Å². The summed E-state index contributed by atoms with van der Waals surface area (Å²) in [7, 11) is 0. The van der Waals surface area contributed by atoms with Gasteiger partial charge < -0.3 is 10.5 Å². The summed E-state index contributed by atoms with van der Waals surface area (Å²) in [5.74, 6) is 0.575. The zero-order valence-corrected chi connectivity index (χ0v) is 9.93. The third-order valence-electron chi connectivity index (χ3n) is 2.75. The minimum Gasteiger partial charge on any atom is -0.398 e. The summed E-state index contributed by atoms with van der Waals surface area (Å²) in [5.41, 5.74) is 7.38. The van der Waals surface area contributed by atoms with Crippen LogP contribution in [-0.4, -0.2) is 18.5 Å². The van der Waals surface area contributed by atoms with Crippen LogP contribution in [0.1, 0.15) is 18.4 Å². The van der Waals surface area contributed by atoms with Gasteiger partial charge >= 0.3 is 0 Å². The molecule has 0 aromatic heterocycles. The Morgan fingerprint density at radius 2 is 2.12 bits per heavy atom. The lowest BCUT2D eigenvalue weighted by Gasteiger charge is -2.21. The van der Waals surface area contributed by atoms with Gasteiger partial charge in [-0.3, -0.25) is 0 Å². The summed E-state index contributed by atoms with van der Waals surface area (Å²) >= 11 is 1.85. The van der Waals surface area contributed by atoms with E-state index < -0.39 is 0 Å². The maximum Gasteiger partial charge on any atom is 0.123 e. The van der Waals surface area contributed by atoms with Crippen molar-refractivity contribution in [3.05, 3.63) is 29.6 Å². The fourth-order valence-corrected chi connectivity index (χ4v) is 2.94. The Labute approximate surface area is 99.4 Å². The number of benzene rings is 1. The number of rotatable bonds is 3. The molecule has 16 heavy (non-hydrogen) atoms. The predicted octanol–water partition coefficient (Wildman–Crippen LogP) is 2.82. The molecular weight excluding hydrogens is 225 g/mol. The largest absolute Gasteiger partial charge is 0.398 e. The summed E-state index contributed by atoms with van der Waals surface area (Å²) in [6, 6.07) is 4.56. The zero-order valence-electron chi connectivity index (χ0n) is 9.12. The van der Waals surface area contributed by atoms with Gasteiger partial charge in [-0.1, -0.05) is 0 Å². The Hall–Kier alpha value is -0.740. The molecule has 0 atom stereocenters. The number of thioether (sulfide) groups is 1. The lowest BCUT2D eigenvalue weighted by molar-refractivity contribution is 0.1000. The Bertz CT molecular complexity index is 353. The lowest BCUT2D eigenvalue weighted by atomic mass is 10.2. The molecular formula is C12H16FNOS. The number of halogens is 1. The van der Waals surface area contributed by atoms with Crippen molar-refractivity contribution in [3.63, 3.8) is 0 Å². The Morgan fingerprint density at radius 3 is 2.88 bits per heavy atom. The number of nitrogen functional groups attached to an aromatic ring is 1. The standard InChI is InChI=1S/C12H16FNOS/c13-10-1-2-12(14)9(7-10)8-16-11-3-5-15-6-4-11/h1-2,7,11H,3-6,8,14H2. The van der Waals surface area contributed by atoms with Gasteiger partial charge in [0.1, 0.15) is 5.82 Å². The molecule has 0 unspecified atom stereocenters. The van der Waals surface area contributed by atoms with Gasteiger partial charge in [0, 0.05) is 29.9 Å². The number of nitrogens with two attached hydrogens (primary N) is 1. The summed E-state index contributed by atoms with van der Waals surface area (Å²) in [6.07, 6.45) is 2.17. The first-order chi connectivity index (χ1) is 7.75. The number of hydrogen-bond donors (Lipinski definition) is 1. The number of hydrogen-bond acceptors (Lipinski definition) is 3. The Balaban J connectivity index is 1.90. The molecule has 0 aliphatic carbocycles. The SMILES string of the molecule is Nc1ccc(F)cc1CSC1CCOCC1. The fourth-order valence-electron chi connectivity index (χ4n) is 1.75. The Kier molecular flexibility index (Phi) is 4.07. The summed E-state index contributed by atoms with van der Waals surface area (Å²) in [6.45, 7) is 1.69. The molecule has 2 N–H and O–H groups in total. The second kappa shape index (κ2) is 5.55. The molecule has 0 bridgehead atoms. The molecule has 1 saturated heterocycles. The lowest BCUT2D eigenvalue weighted by Crippen LogP contribution is -2.17. The van der Waals surface area contributed by atoms with Gasteiger partial charge in [-0.15, -0.1) is 0 Å². The molecule has 1 aliphatic rings. The van der Waals surface area contributed by atoms with Gasteiger partial charge in [-0.25, -0.2) is 4.39 Å². The van der Waals surface area contributed by atoms with E-state index >= 15 is 0 Å². The molecule has 1 heterocycles. The van der Waals surface area contributed by atoms with Gasteiger partial charge in [0.2, 0.25) is 0 Å². The van der Waals surface area contributed by atoms with Crippen molar-refractivity contribution in [3.8, 4) is 0 Å². The van der Waals surface area contributed by atoms with E-state index in [2.05, 4.69) is 0 Å². The van der Waals surface area contributed by atoms with E-state index in [0.29, 0.717) is 10.9 Å². The van der Waals surface area contributed by atoms with E-state index in [4.69, 9.17) is 10.5 Å². The van der Waals surface area contributed by atoms with Gasteiger partial charge in [-0.05, 0) is 36.6 Å². The second-order valence-electron chi connectivity index (χ2n) is 3.97. The molecule has 4 heteroatoms. The van der Waals surface area contributed by atoms with Crippen LogP contribution in [0.2, 0.25) is 0 Å². The average Bonchev–Trinajstić information content (AvgIpc) is 2.32. The summed E-state index contributed by atoms with van der Waals surface area (Å²) in [5, 5.41) is 0.622. The van der Waals surface area contributed by atoms with E-state index in [1.807, 2.05) is 11.8 Å².